The molecular weight excluding hydrogens is 264 g/mol. The quantitative estimate of drug-likeness (QED) is 0.549. The number of nitrogen functional groups attached to an aromatic ring is 1. The smallest absolute Gasteiger partial charge is 0.223 e. The first kappa shape index (κ1) is 15.5. The van der Waals surface area contributed by atoms with Gasteiger partial charge in [0.2, 0.25) is 5.91 Å². The maximum atomic E-state index is 11.4. The van der Waals surface area contributed by atoms with Crippen LogP contribution in [0.5, 0.6) is 5.75 Å². The summed E-state index contributed by atoms with van der Waals surface area (Å²) >= 11 is 0. The fourth-order valence-corrected chi connectivity index (χ4v) is 1.97. The van der Waals surface area contributed by atoms with Gasteiger partial charge in [0.1, 0.15) is 5.75 Å². The molecule has 0 saturated heterocycles. The number of amides is 1. The van der Waals surface area contributed by atoms with Gasteiger partial charge in [-0.2, -0.15) is 0 Å². The second-order valence-corrected chi connectivity index (χ2v) is 5.70. The largest absolute Gasteiger partial charge is 0.493 e. The van der Waals surface area contributed by atoms with Crippen molar-refractivity contribution in [2.24, 2.45) is 0 Å². The van der Waals surface area contributed by atoms with E-state index in [0.29, 0.717) is 36.8 Å². The van der Waals surface area contributed by atoms with Crippen LogP contribution in [0.25, 0.3) is 0 Å². The lowest BCUT2D eigenvalue weighted by Crippen LogP contribution is -2.26. The molecule has 106 valence electrons. The number of benzene rings is 1. The maximum absolute atomic E-state index is 11.4. The Morgan fingerprint density at radius 2 is 2.05 bits per heavy atom. The molecule has 0 aliphatic rings. The van der Waals surface area contributed by atoms with Gasteiger partial charge in [-0.05, 0) is 30.7 Å². The molecule has 0 aromatic heterocycles. The standard InChI is InChI=1S/C13H20N2O3S/c1-19(17)10-2-8-15-13(16)7-9-18-12-5-3-11(14)4-6-12/h3-6H,2,7-10,14H2,1H3,(H,15,16). The minimum atomic E-state index is -0.799. The van der Waals surface area contributed by atoms with E-state index >= 15 is 0 Å². The van der Waals surface area contributed by atoms with Crippen molar-refractivity contribution in [3.8, 4) is 5.75 Å². The Bertz CT molecular complexity index is 420. The number of anilines is 1. The summed E-state index contributed by atoms with van der Waals surface area (Å²) in [6.07, 6.45) is 2.69. The van der Waals surface area contributed by atoms with Crippen LogP contribution in [0.1, 0.15) is 12.8 Å². The highest BCUT2D eigenvalue weighted by Crippen LogP contribution is 2.12. The Morgan fingerprint density at radius 3 is 2.68 bits per heavy atom. The molecule has 19 heavy (non-hydrogen) atoms. The number of hydrogen-bond donors (Lipinski definition) is 2. The number of carbonyl (C=O) groups excluding carboxylic acids is 1. The van der Waals surface area contributed by atoms with Crippen LogP contribution in [-0.4, -0.2) is 35.3 Å². The maximum Gasteiger partial charge on any atom is 0.223 e. The molecule has 0 fully saturated rings. The Balaban J connectivity index is 2.10. The van der Waals surface area contributed by atoms with Crippen molar-refractivity contribution < 1.29 is 13.7 Å². The molecule has 1 atom stereocenters. The predicted molar refractivity (Wildman–Crippen MR) is 77.5 cm³/mol. The summed E-state index contributed by atoms with van der Waals surface area (Å²) in [5.74, 6) is 1.25. The molecular formula is C13H20N2O3S. The molecule has 1 rings (SSSR count). The molecule has 3 N–H and O–H groups in total. The number of carbonyl (C=O) groups is 1. The normalized spacial score (nSPS) is 11.8. The minimum absolute atomic E-state index is 0.0580. The van der Waals surface area contributed by atoms with Crippen LogP contribution in [0.3, 0.4) is 0 Å². The zero-order chi connectivity index (χ0) is 14.1. The summed E-state index contributed by atoms with van der Waals surface area (Å²) in [7, 11) is -0.799. The summed E-state index contributed by atoms with van der Waals surface area (Å²) in [6, 6.07) is 7.04. The average Bonchev–Trinajstić information content (AvgIpc) is 2.37. The molecule has 0 aliphatic carbocycles. The highest BCUT2D eigenvalue weighted by atomic mass is 32.2. The molecule has 1 aromatic rings. The zero-order valence-corrected chi connectivity index (χ0v) is 11.9. The van der Waals surface area contributed by atoms with Crippen molar-refractivity contribution in [1.29, 1.82) is 0 Å². The van der Waals surface area contributed by atoms with E-state index in [-0.39, 0.29) is 5.91 Å². The molecule has 1 aromatic carbocycles. The predicted octanol–water partition coefficient (Wildman–Crippen LogP) is 0.922. The van der Waals surface area contributed by atoms with Crippen molar-refractivity contribution in [1.82, 2.24) is 5.32 Å². The van der Waals surface area contributed by atoms with E-state index in [1.807, 2.05) is 0 Å². The molecule has 0 heterocycles. The van der Waals surface area contributed by atoms with Gasteiger partial charge in [-0.3, -0.25) is 9.00 Å². The summed E-state index contributed by atoms with van der Waals surface area (Å²) < 4.78 is 16.2. The van der Waals surface area contributed by atoms with E-state index in [1.54, 1.807) is 30.5 Å². The van der Waals surface area contributed by atoms with Gasteiger partial charge >= 0.3 is 0 Å². The van der Waals surface area contributed by atoms with Crippen LogP contribution in [0.2, 0.25) is 0 Å². The second-order valence-electron chi connectivity index (χ2n) is 4.15. The van der Waals surface area contributed by atoms with Crippen LogP contribution in [0.15, 0.2) is 24.3 Å². The average molecular weight is 284 g/mol. The number of ether oxygens (including phenoxy) is 1. The van der Waals surface area contributed by atoms with Crippen LogP contribution >= 0.6 is 0 Å². The van der Waals surface area contributed by atoms with Gasteiger partial charge in [0.25, 0.3) is 0 Å². The summed E-state index contributed by atoms with van der Waals surface area (Å²) in [4.78, 5) is 11.4. The van der Waals surface area contributed by atoms with E-state index in [1.165, 1.54) is 0 Å². The Hall–Kier alpha value is -1.56. The van der Waals surface area contributed by atoms with Crippen LogP contribution in [0, 0.1) is 0 Å². The van der Waals surface area contributed by atoms with Gasteiger partial charge in [-0.25, -0.2) is 0 Å². The van der Waals surface area contributed by atoms with Gasteiger partial charge in [0.05, 0.1) is 13.0 Å². The number of hydrogen-bond acceptors (Lipinski definition) is 4. The van der Waals surface area contributed by atoms with E-state index < -0.39 is 10.8 Å². The molecule has 0 radical (unpaired) electrons. The summed E-state index contributed by atoms with van der Waals surface area (Å²) in [5.41, 5.74) is 6.23. The molecule has 0 bridgehead atoms. The summed E-state index contributed by atoms with van der Waals surface area (Å²) in [6.45, 7) is 0.885. The number of rotatable bonds is 8. The fraction of sp³-hybridized carbons (Fsp3) is 0.462. The first-order valence-electron chi connectivity index (χ1n) is 6.13. The summed E-state index contributed by atoms with van der Waals surface area (Å²) in [5, 5.41) is 2.76. The van der Waals surface area contributed by atoms with Gasteiger partial charge in [0.15, 0.2) is 0 Å². The Labute approximate surface area is 116 Å². The zero-order valence-electron chi connectivity index (χ0n) is 11.1. The highest BCUT2D eigenvalue weighted by Gasteiger charge is 2.01. The number of nitrogens with two attached hydrogens (primary N) is 1. The molecule has 0 spiro atoms. The molecule has 1 amide bonds. The lowest BCUT2D eigenvalue weighted by Gasteiger charge is -2.07. The third kappa shape index (κ3) is 7.46. The topological polar surface area (TPSA) is 81.4 Å². The van der Waals surface area contributed by atoms with Crippen LogP contribution < -0.4 is 15.8 Å². The Kier molecular flexibility index (Phi) is 6.95. The first-order valence-corrected chi connectivity index (χ1v) is 7.85. The van der Waals surface area contributed by atoms with Crippen molar-refractivity contribution in [2.45, 2.75) is 12.8 Å². The van der Waals surface area contributed by atoms with Gasteiger partial charge < -0.3 is 15.8 Å². The van der Waals surface area contributed by atoms with Crippen molar-refractivity contribution in [3.63, 3.8) is 0 Å². The SMILES string of the molecule is CS(=O)CCCNC(=O)CCOc1ccc(N)cc1. The van der Waals surface area contributed by atoms with Crippen molar-refractivity contribution in [3.05, 3.63) is 24.3 Å². The van der Waals surface area contributed by atoms with E-state index in [4.69, 9.17) is 10.5 Å². The molecule has 0 saturated carbocycles. The molecule has 5 nitrogen and oxygen atoms in total. The van der Waals surface area contributed by atoms with Crippen molar-refractivity contribution in [2.75, 3.05) is 30.9 Å². The number of nitrogens with one attached hydrogen (secondary N) is 1. The Morgan fingerprint density at radius 1 is 1.37 bits per heavy atom. The van der Waals surface area contributed by atoms with E-state index in [9.17, 15) is 9.00 Å². The minimum Gasteiger partial charge on any atom is -0.493 e. The highest BCUT2D eigenvalue weighted by molar-refractivity contribution is 7.84. The molecule has 0 aliphatic heterocycles. The fourth-order valence-electron chi connectivity index (χ4n) is 1.42. The van der Waals surface area contributed by atoms with Crippen LogP contribution in [-0.2, 0) is 15.6 Å². The van der Waals surface area contributed by atoms with Crippen molar-refractivity contribution >= 4 is 22.4 Å². The first-order chi connectivity index (χ1) is 9.08. The van der Waals surface area contributed by atoms with Gasteiger partial charge in [0, 0.05) is 35.0 Å². The third-order valence-electron chi connectivity index (χ3n) is 2.41. The second kappa shape index (κ2) is 8.53. The molecule has 6 heteroatoms. The monoisotopic (exact) mass is 284 g/mol. The lowest BCUT2D eigenvalue weighted by atomic mass is 10.3. The molecule has 1 unspecified atom stereocenters. The van der Waals surface area contributed by atoms with Gasteiger partial charge in [-0.15, -0.1) is 0 Å². The third-order valence-corrected chi connectivity index (χ3v) is 3.27. The van der Waals surface area contributed by atoms with Crippen LogP contribution in [0.4, 0.5) is 5.69 Å². The van der Waals surface area contributed by atoms with E-state index in [2.05, 4.69) is 5.32 Å². The van der Waals surface area contributed by atoms with Gasteiger partial charge in [-0.1, -0.05) is 0 Å². The van der Waals surface area contributed by atoms with E-state index in [0.717, 1.165) is 6.42 Å². The lowest BCUT2D eigenvalue weighted by molar-refractivity contribution is -0.121.